The van der Waals surface area contributed by atoms with Crippen molar-refractivity contribution in [2.24, 2.45) is 0 Å². The Bertz CT molecular complexity index is 356. The van der Waals surface area contributed by atoms with Gasteiger partial charge in [-0.05, 0) is 28.1 Å². The minimum atomic E-state index is -1.05. The molecule has 1 nitrogen and oxygen atoms in total. The van der Waals surface area contributed by atoms with Gasteiger partial charge in [-0.25, -0.2) is 13.6 Å². The van der Waals surface area contributed by atoms with Crippen molar-refractivity contribution in [3.8, 4) is 0 Å². The highest BCUT2D eigenvalue weighted by Crippen LogP contribution is 2.21. The van der Waals surface area contributed by atoms with E-state index in [4.69, 9.17) is 0 Å². The van der Waals surface area contributed by atoms with Crippen molar-refractivity contribution in [3.05, 3.63) is 33.8 Å². The summed E-state index contributed by atoms with van der Waals surface area (Å²) in [6.45, 7) is 0. The Morgan fingerprint density at radius 3 is 2.58 bits per heavy atom. The first kappa shape index (κ1) is 9.10. The monoisotopic (exact) mass is 232 g/mol. The fourth-order valence-electron chi connectivity index (χ4n) is 0.716. The van der Waals surface area contributed by atoms with Crippen molar-refractivity contribution in [3.63, 3.8) is 0 Å². The quantitative estimate of drug-likeness (QED) is 0.538. The Balaban J connectivity index is 3.35. The summed E-state index contributed by atoms with van der Waals surface area (Å²) >= 11 is 2.80. The van der Waals surface area contributed by atoms with E-state index in [0.29, 0.717) is 0 Å². The third-order valence-electron chi connectivity index (χ3n) is 1.28. The molecule has 0 unspecified atom stereocenters. The molecule has 0 aliphatic rings. The van der Waals surface area contributed by atoms with Crippen molar-refractivity contribution in [1.29, 1.82) is 0 Å². The molecular weight excluding hydrogens is 230 g/mol. The molecule has 0 saturated carbocycles. The first-order chi connectivity index (χ1) is 5.66. The van der Waals surface area contributed by atoms with Crippen LogP contribution in [0.1, 0.15) is 5.56 Å². The second-order valence-corrected chi connectivity index (χ2v) is 2.88. The van der Waals surface area contributed by atoms with Gasteiger partial charge >= 0.3 is 0 Å². The highest BCUT2D eigenvalue weighted by molar-refractivity contribution is 9.10. The van der Waals surface area contributed by atoms with Gasteiger partial charge in [-0.15, -0.1) is 0 Å². The zero-order chi connectivity index (χ0) is 9.14. The molecule has 0 spiro atoms. The van der Waals surface area contributed by atoms with Crippen LogP contribution >= 0.6 is 15.9 Å². The van der Waals surface area contributed by atoms with Gasteiger partial charge < -0.3 is 0 Å². The van der Waals surface area contributed by atoms with Gasteiger partial charge in [-0.1, -0.05) is 0 Å². The number of carbonyl (C=O) groups excluding carboxylic acids is 1. The van der Waals surface area contributed by atoms with Crippen LogP contribution in [0.15, 0.2) is 16.6 Å². The normalized spacial score (nSPS) is 9.25. The van der Waals surface area contributed by atoms with Crippen molar-refractivity contribution < 1.29 is 13.6 Å². The second-order valence-electron chi connectivity index (χ2n) is 2.03. The van der Waals surface area contributed by atoms with Gasteiger partial charge in [0.25, 0.3) is 0 Å². The van der Waals surface area contributed by atoms with Gasteiger partial charge in [0.15, 0.2) is 11.6 Å². The van der Waals surface area contributed by atoms with Crippen LogP contribution in [-0.2, 0) is 4.79 Å². The molecule has 0 bridgehead atoms. The minimum absolute atomic E-state index is 0.0306. The van der Waals surface area contributed by atoms with E-state index >= 15 is 0 Å². The number of halogens is 3. The first-order valence-electron chi connectivity index (χ1n) is 3.01. The molecule has 1 rings (SSSR count). The van der Waals surface area contributed by atoms with Gasteiger partial charge in [0.1, 0.15) is 5.94 Å². The van der Waals surface area contributed by atoms with E-state index in [-0.39, 0.29) is 10.0 Å². The molecule has 0 heterocycles. The van der Waals surface area contributed by atoms with E-state index in [1.54, 1.807) is 0 Å². The first-order valence-corrected chi connectivity index (χ1v) is 3.80. The molecular formula is C8H3BrF2O. The van der Waals surface area contributed by atoms with E-state index in [9.17, 15) is 13.6 Å². The zero-order valence-electron chi connectivity index (χ0n) is 5.77. The number of rotatable bonds is 1. The van der Waals surface area contributed by atoms with Gasteiger partial charge in [0, 0.05) is 11.6 Å². The highest BCUT2D eigenvalue weighted by Gasteiger charge is 2.09. The van der Waals surface area contributed by atoms with Gasteiger partial charge in [-0.2, -0.15) is 0 Å². The van der Waals surface area contributed by atoms with Gasteiger partial charge in [0.2, 0.25) is 0 Å². The van der Waals surface area contributed by atoms with Crippen LogP contribution in [-0.4, -0.2) is 5.94 Å². The summed E-state index contributed by atoms with van der Waals surface area (Å²) in [5.74, 6) is -0.675. The van der Waals surface area contributed by atoms with Crippen molar-refractivity contribution in [2.45, 2.75) is 0 Å². The summed E-state index contributed by atoms with van der Waals surface area (Å²) in [4.78, 5) is 9.84. The van der Waals surface area contributed by atoms with Crippen LogP contribution in [0.2, 0.25) is 0 Å². The van der Waals surface area contributed by atoms with Gasteiger partial charge in [-0.3, -0.25) is 0 Å². The summed E-state index contributed by atoms with van der Waals surface area (Å²) in [5, 5.41) is 0. The Hall–Kier alpha value is -0.990. The average Bonchev–Trinajstić information content (AvgIpc) is 2.07. The number of hydrogen-bond acceptors (Lipinski definition) is 1. The van der Waals surface area contributed by atoms with E-state index in [1.807, 2.05) is 0 Å². The van der Waals surface area contributed by atoms with Crippen molar-refractivity contribution in [1.82, 2.24) is 0 Å². The topological polar surface area (TPSA) is 17.1 Å². The van der Waals surface area contributed by atoms with Crippen molar-refractivity contribution >= 4 is 27.9 Å². The molecule has 0 saturated heterocycles. The molecule has 0 aliphatic heterocycles. The predicted molar refractivity (Wildman–Crippen MR) is 44.2 cm³/mol. The fraction of sp³-hybridized carbons (Fsp3) is 0. The number of benzene rings is 1. The van der Waals surface area contributed by atoms with Crippen LogP contribution in [0.4, 0.5) is 8.78 Å². The molecule has 1 aromatic rings. The van der Waals surface area contributed by atoms with E-state index in [0.717, 1.165) is 6.08 Å². The lowest BCUT2D eigenvalue weighted by Gasteiger charge is -1.98. The Morgan fingerprint density at radius 2 is 2.00 bits per heavy atom. The van der Waals surface area contributed by atoms with Crippen LogP contribution in [0.3, 0.4) is 0 Å². The molecule has 0 amide bonds. The van der Waals surface area contributed by atoms with E-state index in [2.05, 4.69) is 15.9 Å². The predicted octanol–water partition coefficient (Wildman–Crippen LogP) is 2.57. The zero-order valence-corrected chi connectivity index (χ0v) is 7.36. The SMILES string of the molecule is O=C=Cc1ccc(Br)c(F)c1F. The smallest absolute Gasteiger partial charge is 0.173 e. The lowest BCUT2D eigenvalue weighted by atomic mass is 10.2. The summed E-state index contributed by atoms with van der Waals surface area (Å²) in [5.41, 5.74) is -0.106. The van der Waals surface area contributed by atoms with Gasteiger partial charge in [0.05, 0.1) is 4.47 Å². The maximum atomic E-state index is 12.8. The molecule has 62 valence electrons. The lowest BCUT2D eigenvalue weighted by molar-refractivity contribution is 0.502. The Labute approximate surface area is 75.8 Å². The maximum Gasteiger partial charge on any atom is 0.173 e. The molecule has 4 heteroatoms. The third-order valence-corrected chi connectivity index (χ3v) is 1.89. The molecule has 0 atom stereocenters. The van der Waals surface area contributed by atoms with Crippen LogP contribution in [0, 0.1) is 11.6 Å². The summed E-state index contributed by atoms with van der Waals surface area (Å²) in [6.07, 6.45) is 0.838. The molecule has 0 aliphatic carbocycles. The summed E-state index contributed by atoms with van der Waals surface area (Å²) < 4.78 is 25.6. The number of hydrogen-bond donors (Lipinski definition) is 0. The van der Waals surface area contributed by atoms with Crippen LogP contribution in [0.25, 0.3) is 6.08 Å². The minimum Gasteiger partial charge on any atom is -0.233 e. The summed E-state index contributed by atoms with van der Waals surface area (Å²) in [6, 6.07) is 2.61. The lowest BCUT2D eigenvalue weighted by Crippen LogP contribution is -1.89. The van der Waals surface area contributed by atoms with E-state index < -0.39 is 11.6 Å². The standard InChI is InChI=1S/C8H3BrF2O/c9-6-2-1-5(3-4-12)7(10)8(6)11/h1-3H. The maximum absolute atomic E-state index is 12.8. The largest absolute Gasteiger partial charge is 0.233 e. The molecule has 0 fully saturated rings. The average molecular weight is 233 g/mol. The van der Waals surface area contributed by atoms with Crippen molar-refractivity contribution in [2.75, 3.05) is 0 Å². The molecule has 0 aromatic heterocycles. The van der Waals surface area contributed by atoms with E-state index in [1.165, 1.54) is 18.1 Å². The molecule has 12 heavy (non-hydrogen) atoms. The molecule has 0 N–H and O–H groups in total. The fourth-order valence-corrected chi connectivity index (χ4v) is 1.02. The Morgan fingerprint density at radius 1 is 1.33 bits per heavy atom. The highest BCUT2D eigenvalue weighted by atomic mass is 79.9. The third kappa shape index (κ3) is 1.60. The van der Waals surface area contributed by atoms with Crippen LogP contribution in [0.5, 0.6) is 0 Å². The molecule has 0 radical (unpaired) electrons. The second kappa shape index (κ2) is 3.61. The summed E-state index contributed by atoms with van der Waals surface area (Å²) in [7, 11) is 0. The Kier molecular flexibility index (Phi) is 2.74. The molecule has 1 aromatic carbocycles. The van der Waals surface area contributed by atoms with Crippen LogP contribution < -0.4 is 0 Å².